The van der Waals surface area contributed by atoms with E-state index in [4.69, 9.17) is 0 Å². The summed E-state index contributed by atoms with van der Waals surface area (Å²) in [5, 5.41) is 3.18. The van der Waals surface area contributed by atoms with Crippen molar-refractivity contribution in [1.29, 1.82) is 0 Å². The Morgan fingerprint density at radius 3 is 2.54 bits per heavy atom. The van der Waals surface area contributed by atoms with Crippen molar-refractivity contribution in [2.24, 2.45) is 0 Å². The molecular formula is C18H23N5O. The summed E-state index contributed by atoms with van der Waals surface area (Å²) in [7, 11) is 2.07. The molecule has 6 nitrogen and oxygen atoms in total. The zero-order valence-corrected chi connectivity index (χ0v) is 14.2. The molecule has 1 aromatic heterocycles. The second-order valence-electron chi connectivity index (χ2n) is 6.20. The molecular weight excluding hydrogens is 302 g/mol. The lowest BCUT2D eigenvalue weighted by Crippen LogP contribution is -2.47. The van der Waals surface area contributed by atoms with Gasteiger partial charge in [0.05, 0.1) is 0 Å². The van der Waals surface area contributed by atoms with Crippen molar-refractivity contribution >= 4 is 11.9 Å². The summed E-state index contributed by atoms with van der Waals surface area (Å²) >= 11 is 0. The Kier molecular flexibility index (Phi) is 5.05. The van der Waals surface area contributed by atoms with Crippen LogP contribution in [0.2, 0.25) is 0 Å². The summed E-state index contributed by atoms with van der Waals surface area (Å²) in [6, 6.07) is 9.97. The maximum atomic E-state index is 12.6. The van der Waals surface area contributed by atoms with Crippen molar-refractivity contribution < 1.29 is 4.79 Å². The molecule has 1 aliphatic heterocycles. The molecule has 0 saturated carbocycles. The molecule has 3 rings (SSSR count). The van der Waals surface area contributed by atoms with Crippen LogP contribution in [0.15, 0.2) is 36.5 Å². The number of anilines is 1. The molecule has 0 spiro atoms. The number of piperazine rings is 1. The molecule has 1 N–H and O–H groups in total. The van der Waals surface area contributed by atoms with Crippen LogP contribution in [-0.4, -0.2) is 58.9 Å². The lowest BCUT2D eigenvalue weighted by molar-refractivity contribution is 0.0658. The molecule has 2 aromatic rings. The van der Waals surface area contributed by atoms with Crippen LogP contribution in [0.25, 0.3) is 0 Å². The largest absolute Gasteiger partial charge is 0.350 e. The summed E-state index contributed by atoms with van der Waals surface area (Å²) < 4.78 is 0. The van der Waals surface area contributed by atoms with E-state index in [9.17, 15) is 4.79 Å². The number of carbonyl (C=O) groups excluding carboxylic acids is 1. The third kappa shape index (κ3) is 4.08. The molecule has 0 unspecified atom stereocenters. The summed E-state index contributed by atoms with van der Waals surface area (Å²) in [4.78, 5) is 25.2. The number of nitrogens with one attached hydrogen (secondary N) is 1. The SMILES string of the molecule is Cc1ccc(CNc2nccc(C(=O)N3CCN(C)CC3)n2)cc1. The van der Waals surface area contributed by atoms with Crippen LogP contribution in [0, 0.1) is 6.92 Å². The Hall–Kier alpha value is -2.47. The predicted molar refractivity (Wildman–Crippen MR) is 93.9 cm³/mol. The van der Waals surface area contributed by atoms with E-state index >= 15 is 0 Å². The van der Waals surface area contributed by atoms with Gasteiger partial charge in [-0.25, -0.2) is 9.97 Å². The molecule has 0 aliphatic carbocycles. The highest BCUT2D eigenvalue weighted by atomic mass is 16.2. The highest BCUT2D eigenvalue weighted by Gasteiger charge is 2.21. The van der Waals surface area contributed by atoms with Crippen molar-refractivity contribution in [3.05, 3.63) is 53.3 Å². The molecule has 1 aliphatic rings. The summed E-state index contributed by atoms with van der Waals surface area (Å²) in [6.07, 6.45) is 1.63. The van der Waals surface area contributed by atoms with Crippen LogP contribution in [-0.2, 0) is 6.54 Å². The van der Waals surface area contributed by atoms with Gasteiger partial charge in [0, 0.05) is 38.9 Å². The monoisotopic (exact) mass is 325 g/mol. The number of hydrogen-bond donors (Lipinski definition) is 1. The molecule has 6 heteroatoms. The molecule has 1 fully saturated rings. The van der Waals surface area contributed by atoms with Crippen LogP contribution in [0.1, 0.15) is 21.6 Å². The van der Waals surface area contributed by atoms with E-state index in [0.29, 0.717) is 18.2 Å². The minimum atomic E-state index is -0.0242. The van der Waals surface area contributed by atoms with Gasteiger partial charge in [0.15, 0.2) is 0 Å². The number of nitrogens with zero attached hydrogens (tertiary/aromatic N) is 4. The third-order valence-electron chi connectivity index (χ3n) is 4.24. The molecule has 24 heavy (non-hydrogen) atoms. The number of carbonyl (C=O) groups is 1. The fourth-order valence-electron chi connectivity index (χ4n) is 2.62. The normalized spacial score (nSPS) is 15.3. The first-order chi connectivity index (χ1) is 11.6. The van der Waals surface area contributed by atoms with Crippen molar-refractivity contribution in [2.75, 3.05) is 38.5 Å². The van der Waals surface area contributed by atoms with Crippen molar-refractivity contribution in [1.82, 2.24) is 19.8 Å². The maximum absolute atomic E-state index is 12.6. The van der Waals surface area contributed by atoms with Gasteiger partial charge in [-0.15, -0.1) is 0 Å². The fraction of sp³-hybridized carbons (Fsp3) is 0.389. The van der Waals surface area contributed by atoms with Crippen molar-refractivity contribution in [3.8, 4) is 0 Å². The number of amides is 1. The van der Waals surface area contributed by atoms with E-state index in [1.165, 1.54) is 5.56 Å². The lowest BCUT2D eigenvalue weighted by Gasteiger charge is -2.32. The van der Waals surface area contributed by atoms with Crippen LogP contribution in [0.4, 0.5) is 5.95 Å². The third-order valence-corrected chi connectivity index (χ3v) is 4.24. The smallest absolute Gasteiger partial charge is 0.272 e. The Morgan fingerprint density at radius 2 is 1.83 bits per heavy atom. The molecule has 2 heterocycles. The number of rotatable bonds is 4. The minimum absolute atomic E-state index is 0.0242. The minimum Gasteiger partial charge on any atom is -0.350 e. The topological polar surface area (TPSA) is 61.4 Å². The molecule has 0 bridgehead atoms. The number of hydrogen-bond acceptors (Lipinski definition) is 5. The second kappa shape index (κ2) is 7.40. The molecule has 126 valence electrons. The number of aryl methyl sites for hydroxylation is 1. The zero-order chi connectivity index (χ0) is 16.9. The summed E-state index contributed by atoms with van der Waals surface area (Å²) in [5.41, 5.74) is 2.83. The molecule has 0 atom stereocenters. The van der Waals surface area contributed by atoms with Gasteiger partial charge >= 0.3 is 0 Å². The fourth-order valence-corrected chi connectivity index (χ4v) is 2.62. The zero-order valence-electron chi connectivity index (χ0n) is 14.2. The van der Waals surface area contributed by atoms with Gasteiger partial charge in [-0.3, -0.25) is 4.79 Å². The molecule has 0 radical (unpaired) electrons. The Morgan fingerprint density at radius 1 is 1.12 bits per heavy atom. The standard InChI is InChI=1S/C18H23N5O/c1-14-3-5-15(6-4-14)13-20-18-19-8-7-16(21-18)17(24)23-11-9-22(2)10-12-23/h3-8H,9-13H2,1-2H3,(H,19,20,21). The highest BCUT2D eigenvalue weighted by molar-refractivity contribution is 5.92. The first-order valence-corrected chi connectivity index (χ1v) is 8.22. The van der Waals surface area contributed by atoms with Gasteiger partial charge in [-0.05, 0) is 25.6 Å². The van der Waals surface area contributed by atoms with Gasteiger partial charge in [-0.2, -0.15) is 0 Å². The highest BCUT2D eigenvalue weighted by Crippen LogP contribution is 2.09. The van der Waals surface area contributed by atoms with Crippen LogP contribution < -0.4 is 5.32 Å². The lowest BCUT2D eigenvalue weighted by atomic mass is 10.1. The van der Waals surface area contributed by atoms with E-state index in [1.807, 2.05) is 4.90 Å². The van der Waals surface area contributed by atoms with Crippen molar-refractivity contribution in [3.63, 3.8) is 0 Å². The predicted octanol–water partition coefficient (Wildman–Crippen LogP) is 1.78. The maximum Gasteiger partial charge on any atom is 0.272 e. The molecule has 1 saturated heterocycles. The van der Waals surface area contributed by atoms with Gasteiger partial charge < -0.3 is 15.1 Å². The van der Waals surface area contributed by atoms with Gasteiger partial charge in [0.25, 0.3) is 5.91 Å². The first-order valence-electron chi connectivity index (χ1n) is 8.22. The van der Waals surface area contributed by atoms with E-state index in [1.54, 1.807) is 12.3 Å². The van der Waals surface area contributed by atoms with Crippen LogP contribution in [0.5, 0.6) is 0 Å². The van der Waals surface area contributed by atoms with Crippen LogP contribution in [0.3, 0.4) is 0 Å². The Labute approximate surface area is 142 Å². The van der Waals surface area contributed by atoms with Gasteiger partial charge in [0.1, 0.15) is 5.69 Å². The molecule has 1 aromatic carbocycles. The quantitative estimate of drug-likeness (QED) is 0.928. The van der Waals surface area contributed by atoms with E-state index in [-0.39, 0.29) is 5.91 Å². The number of likely N-dealkylation sites (N-methyl/N-ethyl adjacent to an activating group) is 1. The van der Waals surface area contributed by atoms with Gasteiger partial charge in [-0.1, -0.05) is 29.8 Å². The van der Waals surface area contributed by atoms with Crippen LogP contribution >= 0.6 is 0 Å². The van der Waals surface area contributed by atoms with E-state index in [0.717, 1.165) is 31.7 Å². The average Bonchev–Trinajstić information content (AvgIpc) is 2.61. The van der Waals surface area contributed by atoms with E-state index < -0.39 is 0 Å². The van der Waals surface area contributed by atoms with Crippen molar-refractivity contribution in [2.45, 2.75) is 13.5 Å². The second-order valence-corrected chi connectivity index (χ2v) is 6.20. The summed E-state index contributed by atoms with van der Waals surface area (Å²) in [6.45, 7) is 5.97. The van der Waals surface area contributed by atoms with Gasteiger partial charge in [0.2, 0.25) is 5.95 Å². The molecule has 1 amide bonds. The Bertz CT molecular complexity index is 693. The van der Waals surface area contributed by atoms with E-state index in [2.05, 4.69) is 58.4 Å². The first kappa shape index (κ1) is 16.4. The number of benzene rings is 1. The Balaban J connectivity index is 1.63. The number of aromatic nitrogens is 2. The summed E-state index contributed by atoms with van der Waals surface area (Å²) in [5.74, 6) is 0.458. The average molecular weight is 325 g/mol.